The molecule has 0 aliphatic carbocycles. The van der Waals surface area contributed by atoms with Crippen LogP contribution in [0.25, 0.3) is 0 Å². The minimum Gasteiger partial charge on any atom is -0.507 e. The van der Waals surface area contributed by atoms with Gasteiger partial charge in [-0.3, -0.25) is 4.79 Å². The zero-order chi connectivity index (χ0) is 18.4. The normalized spacial score (nSPS) is 22.4. The average molecular weight is 344 g/mol. The molecule has 1 heterocycles. The molecule has 132 valence electrons. The Bertz CT molecular complexity index is 830. The Balaban J connectivity index is 2.32. The minimum absolute atomic E-state index is 0.0109. The third-order valence-corrected chi connectivity index (χ3v) is 4.67. The second kappa shape index (κ2) is 6.06. The number of aromatic hydroxyl groups is 2. The summed E-state index contributed by atoms with van der Waals surface area (Å²) in [6.45, 7) is 3.15. The molecule has 1 aliphatic rings. The molecular weight excluding hydrogens is 324 g/mol. The van der Waals surface area contributed by atoms with Crippen molar-refractivity contribution < 1.29 is 29.2 Å². The van der Waals surface area contributed by atoms with E-state index in [2.05, 4.69) is 0 Å². The first-order valence-electron chi connectivity index (χ1n) is 7.80. The van der Waals surface area contributed by atoms with Gasteiger partial charge in [0.15, 0.2) is 6.10 Å². The lowest BCUT2D eigenvalue weighted by molar-refractivity contribution is -0.230. The predicted molar refractivity (Wildman–Crippen MR) is 90.1 cm³/mol. The van der Waals surface area contributed by atoms with E-state index in [9.17, 15) is 15.0 Å². The summed E-state index contributed by atoms with van der Waals surface area (Å²) >= 11 is 0. The van der Waals surface area contributed by atoms with Crippen LogP contribution in [0.15, 0.2) is 30.3 Å². The summed E-state index contributed by atoms with van der Waals surface area (Å²) < 4.78 is 17.1. The molecule has 2 N–H and O–H groups in total. The van der Waals surface area contributed by atoms with E-state index in [0.717, 1.165) is 0 Å². The number of fused-ring (bicyclic) bond motifs is 1. The highest BCUT2D eigenvalue weighted by atomic mass is 16.7. The van der Waals surface area contributed by atoms with Crippen LogP contribution in [0, 0.1) is 13.8 Å². The lowest BCUT2D eigenvalue weighted by Gasteiger charge is -2.42. The molecule has 2 aromatic rings. The first-order chi connectivity index (χ1) is 11.9. The molecule has 0 fully saturated rings. The van der Waals surface area contributed by atoms with Gasteiger partial charge in [0.25, 0.3) is 5.79 Å². The fourth-order valence-electron chi connectivity index (χ4n) is 3.26. The highest BCUT2D eigenvalue weighted by Gasteiger charge is 2.54. The van der Waals surface area contributed by atoms with Gasteiger partial charge in [-0.05, 0) is 13.8 Å². The van der Waals surface area contributed by atoms with E-state index in [1.807, 2.05) is 6.07 Å². The summed E-state index contributed by atoms with van der Waals surface area (Å²) in [5.41, 5.74) is 1.14. The van der Waals surface area contributed by atoms with Crippen molar-refractivity contribution in [3.8, 4) is 17.2 Å². The maximum atomic E-state index is 13.1. The molecule has 0 saturated heterocycles. The van der Waals surface area contributed by atoms with Crippen LogP contribution in [0.1, 0.15) is 27.0 Å². The van der Waals surface area contributed by atoms with Crippen molar-refractivity contribution in [3.63, 3.8) is 0 Å². The average Bonchev–Trinajstić information content (AvgIpc) is 2.64. The molecule has 0 spiro atoms. The van der Waals surface area contributed by atoms with Crippen molar-refractivity contribution in [3.05, 3.63) is 52.6 Å². The molecule has 0 saturated carbocycles. The van der Waals surface area contributed by atoms with E-state index >= 15 is 0 Å². The van der Waals surface area contributed by atoms with E-state index in [4.69, 9.17) is 14.2 Å². The van der Waals surface area contributed by atoms with Crippen LogP contribution in [-0.4, -0.2) is 36.3 Å². The quantitative estimate of drug-likeness (QED) is 0.891. The first-order valence-corrected chi connectivity index (χ1v) is 7.80. The summed E-state index contributed by atoms with van der Waals surface area (Å²) in [7, 11) is 2.80. The number of hydrogen-bond donors (Lipinski definition) is 2. The zero-order valence-electron chi connectivity index (χ0n) is 14.5. The second-order valence-corrected chi connectivity index (χ2v) is 5.97. The number of phenolic OH excluding ortho intramolecular Hbond substituents is 2. The SMILES string of the molecule is COC1C(=O)c2c(O)c(C)c(O)c(C)c2OC1(OC)c1ccccc1. The number of ether oxygens (including phenoxy) is 3. The van der Waals surface area contributed by atoms with Crippen LogP contribution in [0.4, 0.5) is 0 Å². The van der Waals surface area contributed by atoms with Crippen molar-refractivity contribution in [2.45, 2.75) is 25.7 Å². The summed E-state index contributed by atoms with van der Waals surface area (Å²) in [6, 6.07) is 8.94. The van der Waals surface area contributed by atoms with Crippen LogP contribution in [-0.2, 0) is 15.3 Å². The Labute approximate surface area is 145 Å². The van der Waals surface area contributed by atoms with Crippen LogP contribution in [0.3, 0.4) is 0 Å². The molecule has 3 rings (SSSR count). The molecule has 6 nitrogen and oxygen atoms in total. The first kappa shape index (κ1) is 17.3. The second-order valence-electron chi connectivity index (χ2n) is 5.97. The fourth-order valence-corrected chi connectivity index (χ4v) is 3.26. The highest BCUT2D eigenvalue weighted by Crippen LogP contribution is 2.50. The van der Waals surface area contributed by atoms with E-state index in [0.29, 0.717) is 11.1 Å². The lowest BCUT2D eigenvalue weighted by Crippen LogP contribution is -2.54. The summed E-state index contributed by atoms with van der Waals surface area (Å²) in [5.74, 6) is -2.36. The number of hydrogen-bond acceptors (Lipinski definition) is 6. The number of phenols is 2. The topological polar surface area (TPSA) is 85.2 Å². The molecule has 0 amide bonds. The number of methoxy groups -OCH3 is 2. The van der Waals surface area contributed by atoms with Gasteiger partial charge in [0, 0.05) is 30.9 Å². The van der Waals surface area contributed by atoms with Crippen molar-refractivity contribution in [2.75, 3.05) is 14.2 Å². The predicted octanol–water partition coefficient (Wildman–Crippen LogP) is 2.80. The maximum Gasteiger partial charge on any atom is 0.271 e. The molecule has 2 atom stereocenters. The molecule has 25 heavy (non-hydrogen) atoms. The molecule has 1 aliphatic heterocycles. The summed E-state index contributed by atoms with van der Waals surface area (Å²) in [5, 5.41) is 20.6. The monoisotopic (exact) mass is 344 g/mol. The minimum atomic E-state index is -1.53. The van der Waals surface area contributed by atoms with Gasteiger partial charge in [-0.15, -0.1) is 0 Å². The molecule has 0 radical (unpaired) electrons. The Morgan fingerprint density at radius 2 is 1.68 bits per heavy atom. The van der Waals surface area contributed by atoms with Crippen molar-refractivity contribution >= 4 is 5.78 Å². The Hall–Kier alpha value is -2.57. The number of ketones is 1. The van der Waals surface area contributed by atoms with Gasteiger partial charge in [0.1, 0.15) is 22.8 Å². The van der Waals surface area contributed by atoms with Crippen LogP contribution in [0.5, 0.6) is 17.2 Å². The summed E-state index contributed by atoms with van der Waals surface area (Å²) in [6.07, 6.45) is -1.12. The van der Waals surface area contributed by atoms with Gasteiger partial charge in [0.2, 0.25) is 5.78 Å². The fraction of sp³-hybridized carbons (Fsp3) is 0.316. The van der Waals surface area contributed by atoms with Crippen LogP contribution in [0.2, 0.25) is 0 Å². The number of carbonyl (C=O) groups is 1. The number of rotatable bonds is 3. The number of carbonyl (C=O) groups excluding carboxylic acids is 1. The highest BCUT2D eigenvalue weighted by molar-refractivity contribution is 6.07. The van der Waals surface area contributed by atoms with Gasteiger partial charge in [-0.1, -0.05) is 30.3 Å². The third-order valence-electron chi connectivity index (χ3n) is 4.67. The maximum absolute atomic E-state index is 13.1. The molecule has 0 aromatic heterocycles. The van der Waals surface area contributed by atoms with Gasteiger partial charge >= 0.3 is 0 Å². The van der Waals surface area contributed by atoms with Gasteiger partial charge in [-0.25, -0.2) is 0 Å². The van der Waals surface area contributed by atoms with E-state index < -0.39 is 17.7 Å². The van der Waals surface area contributed by atoms with Crippen LogP contribution >= 0.6 is 0 Å². The molecule has 2 aromatic carbocycles. The largest absolute Gasteiger partial charge is 0.507 e. The molecule has 6 heteroatoms. The van der Waals surface area contributed by atoms with Crippen molar-refractivity contribution in [2.24, 2.45) is 0 Å². The zero-order valence-corrected chi connectivity index (χ0v) is 14.5. The lowest BCUT2D eigenvalue weighted by atomic mass is 9.87. The van der Waals surface area contributed by atoms with Gasteiger partial charge < -0.3 is 24.4 Å². The van der Waals surface area contributed by atoms with E-state index in [1.165, 1.54) is 21.1 Å². The number of Topliss-reactive ketones (excluding diaryl/α,β-unsaturated/α-hetero) is 1. The molecule has 2 unspecified atom stereocenters. The van der Waals surface area contributed by atoms with Crippen molar-refractivity contribution in [1.29, 1.82) is 0 Å². The van der Waals surface area contributed by atoms with Crippen LogP contribution < -0.4 is 4.74 Å². The Morgan fingerprint density at radius 1 is 1.04 bits per heavy atom. The van der Waals surface area contributed by atoms with Crippen molar-refractivity contribution in [1.82, 2.24) is 0 Å². The number of benzene rings is 2. The standard InChI is InChI=1S/C19H20O6/c1-10-14(20)11(2)17-13(15(10)21)16(22)18(23-3)19(24-4,25-17)12-8-6-5-7-9-12/h5-9,18,20-21H,1-4H3. The summed E-state index contributed by atoms with van der Waals surface area (Å²) in [4.78, 5) is 13.1. The third kappa shape index (κ3) is 2.29. The molecular formula is C19H20O6. The molecule has 0 bridgehead atoms. The van der Waals surface area contributed by atoms with E-state index in [-0.39, 0.29) is 28.4 Å². The smallest absolute Gasteiger partial charge is 0.271 e. The van der Waals surface area contributed by atoms with Gasteiger partial charge in [-0.2, -0.15) is 0 Å². The van der Waals surface area contributed by atoms with E-state index in [1.54, 1.807) is 31.2 Å². The Kier molecular flexibility index (Phi) is 4.18. The van der Waals surface area contributed by atoms with Gasteiger partial charge in [0.05, 0.1) is 0 Å². The Morgan fingerprint density at radius 3 is 2.24 bits per heavy atom.